The van der Waals surface area contributed by atoms with Crippen LogP contribution in [0, 0.1) is 0 Å². The lowest BCUT2D eigenvalue weighted by Gasteiger charge is -2.13. The van der Waals surface area contributed by atoms with Crippen LogP contribution in [0.5, 0.6) is 0 Å². The Labute approximate surface area is 54.7 Å². The van der Waals surface area contributed by atoms with Crippen molar-refractivity contribution in [3.8, 4) is 0 Å². The summed E-state index contributed by atoms with van der Waals surface area (Å²) in [6.45, 7) is 0. The fourth-order valence-corrected chi connectivity index (χ4v) is 0.982. The molecule has 1 aliphatic carbocycles. The van der Waals surface area contributed by atoms with E-state index in [2.05, 4.69) is 0 Å². The highest BCUT2D eigenvalue weighted by atomic mass is 16.1. The summed E-state index contributed by atoms with van der Waals surface area (Å²) in [5.41, 5.74) is 6.50. The van der Waals surface area contributed by atoms with Crippen LogP contribution >= 0.6 is 0 Å². The second-order valence-electron chi connectivity index (χ2n) is 2.43. The Kier molecular flexibility index (Phi) is 2.01. The first-order valence-electron chi connectivity index (χ1n) is 3.22. The van der Waals surface area contributed by atoms with Crippen molar-refractivity contribution >= 4 is 6.29 Å². The third kappa shape index (κ3) is 1.64. The normalized spacial score (nSPS) is 27.2. The van der Waals surface area contributed by atoms with Crippen molar-refractivity contribution < 1.29 is 4.79 Å². The second kappa shape index (κ2) is 2.78. The Bertz CT molecular complexity index is 140. The van der Waals surface area contributed by atoms with Crippen LogP contribution in [0.25, 0.3) is 0 Å². The molecule has 2 heteroatoms. The highest BCUT2D eigenvalue weighted by Gasteiger charge is 2.08. The number of carbonyl (C=O) groups excluding carboxylic acids is 1. The summed E-state index contributed by atoms with van der Waals surface area (Å²) in [7, 11) is 0. The van der Waals surface area contributed by atoms with Gasteiger partial charge in [0.2, 0.25) is 0 Å². The van der Waals surface area contributed by atoms with Gasteiger partial charge in [0.25, 0.3) is 0 Å². The van der Waals surface area contributed by atoms with Crippen LogP contribution in [0.1, 0.15) is 19.3 Å². The minimum atomic E-state index is 0.286. The molecule has 0 saturated carbocycles. The van der Waals surface area contributed by atoms with E-state index < -0.39 is 0 Å². The Morgan fingerprint density at radius 3 is 3.00 bits per heavy atom. The molecule has 0 aliphatic heterocycles. The van der Waals surface area contributed by atoms with Crippen molar-refractivity contribution in [3.05, 3.63) is 11.6 Å². The van der Waals surface area contributed by atoms with Crippen molar-refractivity contribution in [1.82, 2.24) is 0 Å². The largest absolute Gasteiger partial charge is 0.327 e. The van der Waals surface area contributed by atoms with Gasteiger partial charge < -0.3 is 5.73 Å². The number of allylic oxidation sites excluding steroid dienone is 1. The average Bonchev–Trinajstić information content (AvgIpc) is 1.90. The zero-order chi connectivity index (χ0) is 6.69. The van der Waals surface area contributed by atoms with Crippen LogP contribution in [-0.2, 0) is 4.79 Å². The SMILES string of the molecule is N[C@H]1CC=C(C=O)CC1. The Morgan fingerprint density at radius 1 is 1.78 bits per heavy atom. The van der Waals surface area contributed by atoms with E-state index in [1.165, 1.54) is 0 Å². The molecule has 0 spiro atoms. The topological polar surface area (TPSA) is 43.1 Å². The summed E-state index contributed by atoms with van der Waals surface area (Å²) in [4.78, 5) is 10.2. The van der Waals surface area contributed by atoms with Gasteiger partial charge in [-0.05, 0) is 24.8 Å². The first-order valence-corrected chi connectivity index (χ1v) is 3.22. The van der Waals surface area contributed by atoms with Crippen LogP contribution < -0.4 is 5.73 Å². The van der Waals surface area contributed by atoms with E-state index >= 15 is 0 Å². The first-order chi connectivity index (χ1) is 4.33. The van der Waals surface area contributed by atoms with E-state index in [0.717, 1.165) is 31.1 Å². The lowest BCUT2D eigenvalue weighted by Crippen LogP contribution is -2.21. The van der Waals surface area contributed by atoms with Gasteiger partial charge in [-0.25, -0.2) is 0 Å². The van der Waals surface area contributed by atoms with Gasteiger partial charge in [0.05, 0.1) is 0 Å². The molecule has 2 nitrogen and oxygen atoms in total. The summed E-state index contributed by atoms with van der Waals surface area (Å²) < 4.78 is 0. The molecule has 9 heavy (non-hydrogen) atoms. The molecule has 0 amide bonds. The smallest absolute Gasteiger partial charge is 0.145 e. The molecule has 0 fully saturated rings. The van der Waals surface area contributed by atoms with Crippen LogP contribution in [0.4, 0.5) is 0 Å². The molecule has 0 radical (unpaired) electrons. The summed E-state index contributed by atoms with van der Waals surface area (Å²) in [5, 5.41) is 0. The molecule has 1 atom stereocenters. The molecule has 0 aromatic carbocycles. The van der Waals surface area contributed by atoms with E-state index in [9.17, 15) is 4.79 Å². The zero-order valence-electron chi connectivity index (χ0n) is 5.34. The van der Waals surface area contributed by atoms with E-state index in [-0.39, 0.29) is 6.04 Å². The van der Waals surface area contributed by atoms with Crippen molar-refractivity contribution in [2.24, 2.45) is 5.73 Å². The number of nitrogens with two attached hydrogens (primary N) is 1. The van der Waals surface area contributed by atoms with Gasteiger partial charge >= 0.3 is 0 Å². The van der Waals surface area contributed by atoms with Gasteiger partial charge in [0.1, 0.15) is 6.29 Å². The number of hydrogen-bond acceptors (Lipinski definition) is 2. The minimum Gasteiger partial charge on any atom is -0.327 e. The number of hydrogen-bond donors (Lipinski definition) is 1. The zero-order valence-corrected chi connectivity index (χ0v) is 5.34. The average molecular weight is 125 g/mol. The number of aldehydes is 1. The van der Waals surface area contributed by atoms with Gasteiger partial charge in [-0.2, -0.15) is 0 Å². The molecular formula is C7H11NO. The highest BCUT2D eigenvalue weighted by molar-refractivity contribution is 5.73. The molecule has 0 saturated heterocycles. The quantitative estimate of drug-likeness (QED) is 0.522. The molecular weight excluding hydrogens is 114 g/mol. The third-order valence-electron chi connectivity index (χ3n) is 1.64. The lowest BCUT2D eigenvalue weighted by molar-refractivity contribution is -0.105. The summed E-state index contributed by atoms with van der Waals surface area (Å²) in [6, 6.07) is 0.286. The molecule has 0 bridgehead atoms. The lowest BCUT2D eigenvalue weighted by atomic mass is 9.97. The van der Waals surface area contributed by atoms with Crippen LogP contribution in [-0.4, -0.2) is 12.3 Å². The standard InChI is InChI=1S/C7H11NO/c8-7-3-1-6(5-9)2-4-7/h1,5,7H,2-4,8H2/t7-/m0/s1. The summed E-state index contributed by atoms with van der Waals surface area (Å²) in [6.07, 6.45) is 5.55. The summed E-state index contributed by atoms with van der Waals surface area (Å²) >= 11 is 0. The Morgan fingerprint density at radius 2 is 2.56 bits per heavy atom. The molecule has 1 rings (SSSR count). The highest BCUT2D eigenvalue weighted by Crippen LogP contribution is 2.14. The molecule has 50 valence electrons. The predicted molar refractivity (Wildman–Crippen MR) is 36.0 cm³/mol. The molecule has 1 aliphatic rings. The van der Waals surface area contributed by atoms with E-state index in [0.29, 0.717) is 0 Å². The van der Waals surface area contributed by atoms with Gasteiger partial charge in [0, 0.05) is 6.04 Å². The third-order valence-corrected chi connectivity index (χ3v) is 1.64. The molecule has 2 N–H and O–H groups in total. The van der Waals surface area contributed by atoms with Gasteiger partial charge in [-0.3, -0.25) is 4.79 Å². The summed E-state index contributed by atoms with van der Waals surface area (Å²) in [5.74, 6) is 0. The van der Waals surface area contributed by atoms with E-state index in [1.807, 2.05) is 6.08 Å². The second-order valence-corrected chi connectivity index (χ2v) is 2.43. The van der Waals surface area contributed by atoms with Gasteiger partial charge in [0.15, 0.2) is 0 Å². The number of carbonyl (C=O) groups is 1. The first kappa shape index (κ1) is 6.49. The van der Waals surface area contributed by atoms with Gasteiger partial charge in [-0.1, -0.05) is 6.08 Å². The molecule has 0 aromatic heterocycles. The van der Waals surface area contributed by atoms with Crippen molar-refractivity contribution in [1.29, 1.82) is 0 Å². The number of rotatable bonds is 1. The molecule has 0 aromatic rings. The minimum absolute atomic E-state index is 0.286. The van der Waals surface area contributed by atoms with Crippen LogP contribution in [0.3, 0.4) is 0 Å². The van der Waals surface area contributed by atoms with Crippen molar-refractivity contribution in [2.45, 2.75) is 25.3 Å². The monoisotopic (exact) mass is 125 g/mol. The maximum atomic E-state index is 10.2. The van der Waals surface area contributed by atoms with Crippen molar-refractivity contribution in [2.75, 3.05) is 0 Å². The van der Waals surface area contributed by atoms with E-state index in [1.54, 1.807) is 0 Å². The van der Waals surface area contributed by atoms with E-state index in [4.69, 9.17) is 5.73 Å². The molecule has 0 heterocycles. The maximum Gasteiger partial charge on any atom is 0.145 e. The van der Waals surface area contributed by atoms with Crippen LogP contribution in [0.2, 0.25) is 0 Å². The molecule has 0 unspecified atom stereocenters. The fraction of sp³-hybridized carbons (Fsp3) is 0.571. The fourth-order valence-electron chi connectivity index (χ4n) is 0.982. The Hall–Kier alpha value is -0.630. The Balaban J connectivity index is 2.49. The maximum absolute atomic E-state index is 10.2. The van der Waals surface area contributed by atoms with Gasteiger partial charge in [-0.15, -0.1) is 0 Å². The van der Waals surface area contributed by atoms with Crippen LogP contribution in [0.15, 0.2) is 11.6 Å². The van der Waals surface area contributed by atoms with Crippen molar-refractivity contribution in [3.63, 3.8) is 0 Å². The predicted octanol–water partition coefficient (Wildman–Crippen LogP) is 0.623.